The fourth-order valence-electron chi connectivity index (χ4n) is 1.74. The average molecular weight is 304 g/mol. The average Bonchev–Trinajstić information content (AvgIpc) is 2.55. The van der Waals surface area contributed by atoms with E-state index in [9.17, 15) is 4.79 Å². The number of rotatable bonds is 0. The molecule has 1 aromatic rings. The van der Waals surface area contributed by atoms with Crippen LogP contribution < -0.4 is 0 Å². The Balaban J connectivity index is 2.33. The van der Waals surface area contributed by atoms with Crippen LogP contribution in [0.15, 0.2) is 18.2 Å². The summed E-state index contributed by atoms with van der Waals surface area (Å²) in [6, 6.07) is 5.74. The van der Waals surface area contributed by atoms with E-state index >= 15 is 0 Å². The zero-order chi connectivity index (χ0) is 9.92. The second-order valence-electron chi connectivity index (χ2n) is 3.84. The first-order valence-corrected chi connectivity index (χ1v) is 7.19. The van der Waals surface area contributed by atoms with Gasteiger partial charge in [-0.15, -0.1) is 0 Å². The van der Waals surface area contributed by atoms with Crippen LogP contribution in [0.5, 0.6) is 0 Å². The molecule has 2 heterocycles. The first-order chi connectivity index (χ1) is 6.59. The van der Waals surface area contributed by atoms with Gasteiger partial charge >= 0.3 is 89.9 Å². The molecule has 0 bridgehead atoms. The molecule has 2 aliphatic heterocycles. The SMILES string of the molecule is CC1(C)OI2OC(=O)c3cccc1c32. The zero-order valence-corrected chi connectivity index (χ0v) is 9.99. The molecule has 1 aromatic carbocycles. The first-order valence-electron chi connectivity index (χ1n) is 4.35. The molecule has 0 N–H and O–H groups in total. The normalized spacial score (nSPS) is 23.6. The number of halogens is 1. The van der Waals surface area contributed by atoms with Crippen molar-refractivity contribution in [3.8, 4) is 0 Å². The third kappa shape index (κ3) is 0.926. The molecule has 14 heavy (non-hydrogen) atoms. The van der Waals surface area contributed by atoms with Gasteiger partial charge in [-0.25, -0.2) is 0 Å². The van der Waals surface area contributed by atoms with Gasteiger partial charge in [-0.2, -0.15) is 0 Å². The Kier molecular flexibility index (Phi) is 1.54. The van der Waals surface area contributed by atoms with Gasteiger partial charge in [-0.05, 0) is 0 Å². The minimum atomic E-state index is -2.08. The summed E-state index contributed by atoms with van der Waals surface area (Å²) in [4.78, 5) is 11.4. The number of carbonyl (C=O) groups is 1. The van der Waals surface area contributed by atoms with Gasteiger partial charge < -0.3 is 0 Å². The molecule has 0 amide bonds. The van der Waals surface area contributed by atoms with Gasteiger partial charge in [-0.1, -0.05) is 0 Å². The molecule has 0 fully saturated rings. The molecule has 0 saturated carbocycles. The monoisotopic (exact) mass is 304 g/mol. The Hall–Kier alpha value is -0.620. The second-order valence-corrected chi connectivity index (χ2v) is 7.04. The van der Waals surface area contributed by atoms with Crippen molar-refractivity contribution >= 4 is 26.6 Å². The second kappa shape index (κ2) is 2.49. The molecule has 3 nitrogen and oxygen atoms in total. The Bertz CT molecular complexity index is 439. The quantitative estimate of drug-likeness (QED) is 0.691. The van der Waals surface area contributed by atoms with E-state index in [2.05, 4.69) is 0 Å². The van der Waals surface area contributed by atoms with Crippen LogP contribution in [0.1, 0.15) is 29.8 Å². The van der Waals surface area contributed by atoms with Crippen molar-refractivity contribution in [2.24, 2.45) is 0 Å². The van der Waals surface area contributed by atoms with E-state index in [0.717, 1.165) is 14.7 Å². The molecular formula is C10H9IO3. The summed E-state index contributed by atoms with van der Waals surface area (Å²) < 4.78 is 12.1. The predicted molar refractivity (Wildman–Crippen MR) is 58.7 cm³/mol. The maximum absolute atomic E-state index is 11.4. The summed E-state index contributed by atoms with van der Waals surface area (Å²) in [5, 5.41) is 0. The van der Waals surface area contributed by atoms with Crippen LogP contribution in [-0.4, -0.2) is 5.97 Å². The van der Waals surface area contributed by atoms with Gasteiger partial charge in [0, 0.05) is 0 Å². The van der Waals surface area contributed by atoms with Crippen LogP contribution in [0.2, 0.25) is 0 Å². The molecule has 74 valence electrons. The zero-order valence-electron chi connectivity index (χ0n) is 7.83. The third-order valence-electron chi connectivity index (χ3n) is 2.42. The van der Waals surface area contributed by atoms with Crippen molar-refractivity contribution in [1.82, 2.24) is 0 Å². The summed E-state index contributed by atoms with van der Waals surface area (Å²) in [5.74, 6) is -0.206. The van der Waals surface area contributed by atoms with E-state index in [-0.39, 0.29) is 11.6 Å². The predicted octanol–water partition coefficient (Wildman–Crippen LogP) is 2.63. The fraction of sp³-hybridized carbons (Fsp3) is 0.300. The van der Waals surface area contributed by atoms with E-state index < -0.39 is 20.6 Å². The molecule has 0 aromatic heterocycles. The third-order valence-corrected chi connectivity index (χ3v) is 6.77. The molecule has 0 radical (unpaired) electrons. The number of carbonyl (C=O) groups excluding carboxylic acids is 1. The van der Waals surface area contributed by atoms with E-state index in [0.29, 0.717) is 0 Å². The van der Waals surface area contributed by atoms with Crippen LogP contribution in [0.4, 0.5) is 0 Å². The van der Waals surface area contributed by atoms with Gasteiger partial charge in [0.05, 0.1) is 0 Å². The molecule has 4 heteroatoms. The van der Waals surface area contributed by atoms with Gasteiger partial charge in [0.2, 0.25) is 0 Å². The molecule has 0 unspecified atom stereocenters. The number of benzene rings is 1. The molecule has 0 atom stereocenters. The van der Waals surface area contributed by atoms with Crippen molar-refractivity contribution < 1.29 is 10.9 Å². The van der Waals surface area contributed by atoms with Gasteiger partial charge in [0.25, 0.3) is 0 Å². The maximum atomic E-state index is 11.4. The van der Waals surface area contributed by atoms with Gasteiger partial charge in [0.1, 0.15) is 0 Å². The number of hydrogen-bond acceptors (Lipinski definition) is 3. The molecular weight excluding hydrogens is 295 g/mol. The summed E-state index contributed by atoms with van der Waals surface area (Å²) in [6.07, 6.45) is 0. The Morgan fingerprint density at radius 2 is 2.14 bits per heavy atom. The first kappa shape index (κ1) is 8.67. The van der Waals surface area contributed by atoms with Crippen LogP contribution >= 0.6 is 20.6 Å². The van der Waals surface area contributed by atoms with Crippen LogP contribution in [0, 0.1) is 3.57 Å². The minimum absolute atomic E-state index is 0.206. The van der Waals surface area contributed by atoms with Gasteiger partial charge in [-0.3, -0.25) is 0 Å². The van der Waals surface area contributed by atoms with Crippen LogP contribution in [0.3, 0.4) is 0 Å². The van der Waals surface area contributed by atoms with Crippen molar-refractivity contribution in [2.45, 2.75) is 19.4 Å². The Morgan fingerprint density at radius 3 is 2.93 bits per heavy atom. The molecule has 0 aliphatic carbocycles. The van der Waals surface area contributed by atoms with Crippen molar-refractivity contribution in [1.29, 1.82) is 0 Å². The van der Waals surface area contributed by atoms with E-state index in [4.69, 9.17) is 6.13 Å². The summed E-state index contributed by atoms with van der Waals surface area (Å²) in [7, 11) is 0. The van der Waals surface area contributed by atoms with E-state index in [1.165, 1.54) is 0 Å². The summed E-state index contributed by atoms with van der Waals surface area (Å²) in [5.41, 5.74) is 1.57. The van der Waals surface area contributed by atoms with Gasteiger partial charge in [0.15, 0.2) is 0 Å². The molecule has 3 rings (SSSR count). The summed E-state index contributed by atoms with van der Waals surface area (Å²) >= 11 is -2.08. The standard InChI is InChI=1S/C10H9IO3/c1-10(2)7-5-3-4-6-8(7)11(14-10)13-9(6)12/h3-5H,1-2H3. The fourth-order valence-corrected chi connectivity index (χ4v) is 6.28. The Morgan fingerprint density at radius 1 is 1.36 bits per heavy atom. The van der Waals surface area contributed by atoms with Crippen molar-refractivity contribution in [3.63, 3.8) is 0 Å². The molecule has 0 saturated heterocycles. The Labute approximate surface area is 89.9 Å². The number of hydrogen-bond donors (Lipinski definition) is 0. The summed E-state index contributed by atoms with van der Waals surface area (Å²) in [6.45, 7) is 4.04. The molecule has 0 spiro atoms. The van der Waals surface area contributed by atoms with E-state index in [1.54, 1.807) is 0 Å². The van der Waals surface area contributed by atoms with Crippen LogP contribution in [-0.2, 0) is 11.7 Å². The molecule has 2 aliphatic rings. The van der Waals surface area contributed by atoms with Crippen molar-refractivity contribution in [3.05, 3.63) is 32.9 Å². The van der Waals surface area contributed by atoms with Crippen molar-refractivity contribution in [2.75, 3.05) is 0 Å². The topological polar surface area (TPSA) is 35.5 Å². The van der Waals surface area contributed by atoms with E-state index in [1.807, 2.05) is 32.0 Å². The van der Waals surface area contributed by atoms with Crippen LogP contribution in [0.25, 0.3) is 0 Å².